The van der Waals surface area contributed by atoms with Gasteiger partial charge in [-0.05, 0) is 31.7 Å². The predicted molar refractivity (Wildman–Crippen MR) is 80.6 cm³/mol. The van der Waals surface area contributed by atoms with E-state index in [1.807, 2.05) is 11.3 Å². The molecular weight excluding hydrogens is 256 g/mol. The summed E-state index contributed by atoms with van der Waals surface area (Å²) in [5, 5.41) is 4.75. The summed E-state index contributed by atoms with van der Waals surface area (Å²) in [6.07, 6.45) is 5.34. The van der Waals surface area contributed by atoms with E-state index in [0.29, 0.717) is 12.5 Å². The molecule has 1 N–H and O–H groups in total. The molecule has 1 heterocycles. The Labute approximate surface area is 120 Å². The van der Waals surface area contributed by atoms with E-state index in [2.05, 4.69) is 19.2 Å². The van der Waals surface area contributed by atoms with Gasteiger partial charge in [-0.3, -0.25) is 0 Å². The maximum atomic E-state index is 5.28. The Bertz CT molecular complexity index is 391. The van der Waals surface area contributed by atoms with Crippen molar-refractivity contribution in [2.45, 2.75) is 58.6 Å². The highest BCUT2D eigenvalue weighted by atomic mass is 32.1. The minimum Gasteiger partial charge on any atom is -0.378 e. The number of hydrogen-bond donors (Lipinski definition) is 1. The fourth-order valence-corrected chi connectivity index (χ4v) is 4.06. The van der Waals surface area contributed by atoms with Crippen molar-refractivity contribution in [1.29, 1.82) is 0 Å². The normalized spacial score (nSPS) is 23.1. The van der Waals surface area contributed by atoms with Crippen molar-refractivity contribution in [1.82, 2.24) is 10.3 Å². The maximum absolute atomic E-state index is 5.28. The van der Waals surface area contributed by atoms with Crippen molar-refractivity contribution >= 4 is 11.3 Å². The fraction of sp³-hybridized carbons (Fsp3) is 0.800. The van der Waals surface area contributed by atoms with Crippen molar-refractivity contribution in [3.05, 3.63) is 15.6 Å². The lowest BCUT2D eigenvalue weighted by molar-refractivity contribution is 0.181. The van der Waals surface area contributed by atoms with E-state index >= 15 is 0 Å². The summed E-state index contributed by atoms with van der Waals surface area (Å²) in [6, 6.07) is 0. The van der Waals surface area contributed by atoms with Crippen LogP contribution in [0.1, 0.15) is 61.0 Å². The molecule has 0 saturated heterocycles. The van der Waals surface area contributed by atoms with Gasteiger partial charge in [0, 0.05) is 24.4 Å². The number of nitrogens with one attached hydrogen (secondary N) is 1. The summed E-state index contributed by atoms with van der Waals surface area (Å²) in [5.74, 6) is 1.61. The minimum absolute atomic E-state index is 0.640. The molecule has 1 saturated carbocycles. The number of nitrogens with zero attached hydrogens (tertiary/aromatic N) is 1. The van der Waals surface area contributed by atoms with Gasteiger partial charge in [0.25, 0.3) is 0 Å². The molecule has 1 aliphatic rings. The Morgan fingerprint density at radius 1 is 1.37 bits per heavy atom. The van der Waals surface area contributed by atoms with Crippen LogP contribution in [-0.4, -0.2) is 18.6 Å². The largest absolute Gasteiger partial charge is 0.378 e. The van der Waals surface area contributed by atoms with Gasteiger partial charge in [-0.25, -0.2) is 4.98 Å². The highest BCUT2D eigenvalue weighted by Gasteiger charge is 2.27. The lowest BCUT2D eigenvalue weighted by Crippen LogP contribution is -2.12. The van der Waals surface area contributed by atoms with Crippen LogP contribution < -0.4 is 5.32 Å². The summed E-state index contributed by atoms with van der Waals surface area (Å²) in [5.41, 5.74) is 1.14. The number of rotatable bonds is 7. The third-order valence-corrected chi connectivity index (χ3v) is 5.34. The van der Waals surface area contributed by atoms with Gasteiger partial charge in [0.1, 0.15) is 0 Å². The molecule has 0 spiro atoms. The van der Waals surface area contributed by atoms with E-state index in [9.17, 15) is 0 Å². The van der Waals surface area contributed by atoms with Gasteiger partial charge in [-0.15, -0.1) is 11.3 Å². The van der Waals surface area contributed by atoms with Gasteiger partial charge in [0.05, 0.1) is 17.3 Å². The summed E-state index contributed by atoms with van der Waals surface area (Å²) < 4.78 is 5.28. The zero-order chi connectivity index (χ0) is 13.7. The molecule has 19 heavy (non-hydrogen) atoms. The molecule has 0 amide bonds. The number of methoxy groups -OCH3 is 1. The molecular formula is C15H26N2OS. The second-order valence-corrected chi connectivity index (χ2v) is 6.53. The smallest absolute Gasteiger partial charge is 0.0963 e. The molecule has 108 valence electrons. The molecule has 0 radical (unpaired) electrons. The molecule has 0 aromatic carbocycles. The van der Waals surface area contributed by atoms with Crippen molar-refractivity contribution in [3.63, 3.8) is 0 Å². The van der Waals surface area contributed by atoms with Crippen LogP contribution in [0.5, 0.6) is 0 Å². The van der Waals surface area contributed by atoms with Crippen molar-refractivity contribution in [2.75, 3.05) is 13.7 Å². The summed E-state index contributed by atoms with van der Waals surface area (Å²) in [4.78, 5) is 6.22. The van der Waals surface area contributed by atoms with Gasteiger partial charge < -0.3 is 10.1 Å². The maximum Gasteiger partial charge on any atom is 0.0963 e. The molecule has 2 atom stereocenters. The molecule has 2 unspecified atom stereocenters. The van der Waals surface area contributed by atoms with Crippen LogP contribution in [0.2, 0.25) is 0 Å². The third kappa shape index (κ3) is 3.77. The van der Waals surface area contributed by atoms with Gasteiger partial charge in [0.2, 0.25) is 0 Å². The Morgan fingerprint density at radius 3 is 2.84 bits per heavy atom. The molecule has 0 bridgehead atoms. The SMILES string of the molecule is CCNCc1sc(C2CCC(CC)C2)nc1COC. The van der Waals surface area contributed by atoms with Crippen molar-refractivity contribution in [2.24, 2.45) is 5.92 Å². The third-order valence-electron chi connectivity index (χ3n) is 4.08. The first-order chi connectivity index (χ1) is 9.28. The monoisotopic (exact) mass is 282 g/mol. The first-order valence-corrected chi connectivity index (χ1v) is 8.28. The summed E-state index contributed by atoms with van der Waals surface area (Å²) >= 11 is 1.90. The van der Waals surface area contributed by atoms with E-state index in [0.717, 1.165) is 24.7 Å². The Balaban J connectivity index is 2.08. The van der Waals surface area contributed by atoms with Crippen LogP contribution in [-0.2, 0) is 17.9 Å². The van der Waals surface area contributed by atoms with Gasteiger partial charge in [-0.2, -0.15) is 0 Å². The Morgan fingerprint density at radius 2 is 2.21 bits per heavy atom. The molecule has 3 nitrogen and oxygen atoms in total. The van der Waals surface area contributed by atoms with Gasteiger partial charge in [-0.1, -0.05) is 20.3 Å². The van der Waals surface area contributed by atoms with E-state index in [1.165, 1.54) is 35.6 Å². The average Bonchev–Trinajstić information content (AvgIpc) is 3.03. The van der Waals surface area contributed by atoms with Crippen molar-refractivity contribution < 1.29 is 4.74 Å². The van der Waals surface area contributed by atoms with Crippen LogP contribution in [0.4, 0.5) is 0 Å². The molecule has 4 heteroatoms. The Hall–Kier alpha value is -0.450. The van der Waals surface area contributed by atoms with Crippen LogP contribution in [0.25, 0.3) is 0 Å². The first-order valence-electron chi connectivity index (χ1n) is 7.46. The molecule has 2 rings (SSSR count). The minimum atomic E-state index is 0.640. The first kappa shape index (κ1) is 14.9. The van der Waals surface area contributed by atoms with Crippen LogP contribution in [0.15, 0.2) is 0 Å². The van der Waals surface area contributed by atoms with Crippen LogP contribution in [0.3, 0.4) is 0 Å². The standard InChI is InChI=1S/C15H26N2OS/c1-4-11-6-7-12(8-11)15-17-13(10-18-3)14(19-15)9-16-5-2/h11-12,16H,4-10H2,1-3H3. The van der Waals surface area contributed by atoms with Gasteiger partial charge in [0.15, 0.2) is 0 Å². The summed E-state index contributed by atoms with van der Waals surface area (Å²) in [6.45, 7) is 7.02. The van der Waals surface area contributed by atoms with Gasteiger partial charge >= 0.3 is 0 Å². The zero-order valence-corrected chi connectivity index (χ0v) is 13.2. The van der Waals surface area contributed by atoms with E-state index in [1.54, 1.807) is 7.11 Å². The highest BCUT2D eigenvalue weighted by Crippen LogP contribution is 2.41. The molecule has 0 aliphatic heterocycles. The number of thiazole rings is 1. The number of aromatic nitrogens is 1. The highest BCUT2D eigenvalue weighted by molar-refractivity contribution is 7.11. The lowest BCUT2D eigenvalue weighted by Gasteiger charge is -2.06. The van der Waals surface area contributed by atoms with E-state index in [-0.39, 0.29) is 0 Å². The second-order valence-electron chi connectivity index (χ2n) is 5.42. The fourth-order valence-electron chi connectivity index (χ4n) is 2.87. The number of hydrogen-bond acceptors (Lipinski definition) is 4. The second kappa shape index (κ2) is 7.36. The molecule has 1 aromatic heterocycles. The predicted octanol–water partition coefficient (Wildman–Crippen LogP) is 3.69. The zero-order valence-electron chi connectivity index (χ0n) is 12.4. The van der Waals surface area contributed by atoms with Crippen LogP contribution >= 0.6 is 11.3 Å². The topological polar surface area (TPSA) is 34.2 Å². The van der Waals surface area contributed by atoms with E-state index < -0.39 is 0 Å². The summed E-state index contributed by atoms with van der Waals surface area (Å²) in [7, 11) is 1.75. The average molecular weight is 282 g/mol. The Kier molecular flexibility index (Phi) is 5.79. The van der Waals surface area contributed by atoms with Crippen molar-refractivity contribution in [3.8, 4) is 0 Å². The number of ether oxygens (including phenoxy) is 1. The van der Waals surface area contributed by atoms with E-state index in [4.69, 9.17) is 9.72 Å². The quantitative estimate of drug-likeness (QED) is 0.828. The lowest BCUT2D eigenvalue weighted by atomic mass is 10.0. The molecule has 1 aromatic rings. The molecule has 1 aliphatic carbocycles. The molecule has 1 fully saturated rings. The van der Waals surface area contributed by atoms with Crippen LogP contribution in [0, 0.1) is 5.92 Å².